The molecule has 0 radical (unpaired) electrons. The highest BCUT2D eigenvalue weighted by molar-refractivity contribution is 7.17. The molecular formula is C13H17N3O2S. The standard InChI is InChI=1S/C13H17N3O2S/c1-16(8-13(17)3-5-18-6-4-13)12-11-10(2-7-19-11)14-9-15-12/h2,7,9,17H,3-6,8H2,1H3. The van der Waals surface area contributed by atoms with E-state index < -0.39 is 5.60 Å². The molecule has 1 N–H and O–H groups in total. The molecule has 102 valence electrons. The fourth-order valence-electron chi connectivity index (χ4n) is 2.47. The first kappa shape index (κ1) is 12.8. The average molecular weight is 279 g/mol. The van der Waals surface area contributed by atoms with E-state index in [1.807, 2.05) is 23.4 Å². The summed E-state index contributed by atoms with van der Waals surface area (Å²) >= 11 is 1.63. The minimum Gasteiger partial charge on any atom is -0.388 e. The van der Waals surface area contributed by atoms with Gasteiger partial charge in [-0.3, -0.25) is 0 Å². The van der Waals surface area contributed by atoms with Crippen LogP contribution < -0.4 is 4.90 Å². The molecular weight excluding hydrogens is 262 g/mol. The maximum absolute atomic E-state index is 10.6. The maximum Gasteiger partial charge on any atom is 0.149 e. The molecule has 0 amide bonds. The van der Waals surface area contributed by atoms with Crippen LogP contribution in [0, 0.1) is 0 Å². The minimum atomic E-state index is -0.679. The van der Waals surface area contributed by atoms with E-state index in [2.05, 4.69) is 9.97 Å². The summed E-state index contributed by atoms with van der Waals surface area (Å²) in [5.41, 5.74) is 0.280. The summed E-state index contributed by atoms with van der Waals surface area (Å²) in [4.78, 5) is 10.6. The summed E-state index contributed by atoms with van der Waals surface area (Å²) in [5.74, 6) is 0.889. The molecule has 3 heterocycles. The number of hydrogen-bond donors (Lipinski definition) is 1. The van der Waals surface area contributed by atoms with Crippen LogP contribution in [0.3, 0.4) is 0 Å². The summed E-state index contributed by atoms with van der Waals surface area (Å²) in [7, 11) is 1.97. The third-order valence-corrected chi connectivity index (χ3v) is 4.44. The monoisotopic (exact) mass is 279 g/mol. The summed E-state index contributed by atoms with van der Waals surface area (Å²) in [6, 6.07) is 1.99. The second kappa shape index (κ2) is 5.03. The number of aliphatic hydroxyl groups is 1. The number of fused-ring (bicyclic) bond motifs is 1. The molecule has 1 saturated heterocycles. The van der Waals surface area contributed by atoms with E-state index >= 15 is 0 Å². The Morgan fingerprint density at radius 2 is 2.21 bits per heavy atom. The first-order chi connectivity index (χ1) is 9.18. The highest BCUT2D eigenvalue weighted by Crippen LogP contribution is 2.29. The first-order valence-electron chi connectivity index (χ1n) is 6.37. The number of ether oxygens (including phenoxy) is 1. The number of hydrogen-bond acceptors (Lipinski definition) is 6. The Bertz CT molecular complexity index is 566. The lowest BCUT2D eigenvalue weighted by Crippen LogP contribution is -2.46. The molecule has 0 unspecified atom stereocenters. The van der Waals surface area contributed by atoms with Crippen LogP contribution in [-0.2, 0) is 4.74 Å². The van der Waals surface area contributed by atoms with Gasteiger partial charge >= 0.3 is 0 Å². The molecule has 1 aliphatic heterocycles. The van der Waals surface area contributed by atoms with Crippen molar-refractivity contribution in [3.63, 3.8) is 0 Å². The molecule has 1 fully saturated rings. The molecule has 5 nitrogen and oxygen atoms in total. The third kappa shape index (κ3) is 2.56. The quantitative estimate of drug-likeness (QED) is 0.926. The van der Waals surface area contributed by atoms with Crippen LogP contribution in [0.1, 0.15) is 12.8 Å². The number of nitrogens with zero attached hydrogens (tertiary/aromatic N) is 3. The Balaban J connectivity index is 1.83. The topological polar surface area (TPSA) is 58.5 Å². The fraction of sp³-hybridized carbons (Fsp3) is 0.538. The molecule has 0 atom stereocenters. The smallest absolute Gasteiger partial charge is 0.149 e. The number of thiophene rings is 1. The van der Waals surface area contributed by atoms with Gasteiger partial charge in [-0.05, 0) is 11.4 Å². The number of anilines is 1. The Morgan fingerprint density at radius 1 is 1.42 bits per heavy atom. The van der Waals surface area contributed by atoms with Crippen molar-refractivity contribution in [3.8, 4) is 0 Å². The van der Waals surface area contributed by atoms with Gasteiger partial charge in [0.1, 0.15) is 12.1 Å². The van der Waals surface area contributed by atoms with Crippen molar-refractivity contribution in [2.75, 3.05) is 31.7 Å². The van der Waals surface area contributed by atoms with Crippen molar-refractivity contribution in [1.82, 2.24) is 9.97 Å². The molecule has 3 rings (SSSR count). The molecule has 0 spiro atoms. The predicted octanol–water partition coefficient (Wildman–Crippen LogP) is 1.67. The normalized spacial score (nSPS) is 18.6. The van der Waals surface area contributed by atoms with E-state index in [1.165, 1.54) is 0 Å². The van der Waals surface area contributed by atoms with Crippen molar-refractivity contribution in [2.24, 2.45) is 0 Å². The molecule has 19 heavy (non-hydrogen) atoms. The van der Waals surface area contributed by atoms with Crippen LogP contribution in [0.4, 0.5) is 5.82 Å². The summed E-state index contributed by atoms with van der Waals surface area (Å²) in [6.45, 7) is 1.82. The molecule has 2 aromatic rings. The molecule has 0 saturated carbocycles. The summed E-state index contributed by atoms with van der Waals surface area (Å²) in [5, 5.41) is 12.6. The zero-order valence-electron chi connectivity index (χ0n) is 10.9. The van der Waals surface area contributed by atoms with E-state index in [4.69, 9.17) is 4.74 Å². The van der Waals surface area contributed by atoms with Crippen LogP contribution in [-0.4, -0.2) is 47.5 Å². The lowest BCUT2D eigenvalue weighted by molar-refractivity contribution is -0.0573. The Hall–Kier alpha value is -1.24. The van der Waals surface area contributed by atoms with E-state index in [9.17, 15) is 5.11 Å². The van der Waals surface area contributed by atoms with Crippen molar-refractivity contribution in [1.29, 1.82) is 0 Å². The number of likely N-dealkylation sites (N-methyl/N-ethyl adjacent to an activating group) is 1. The van der Waals surface area contributed by atoms with Crippen molar-refractivity contribution in [3.05, 3.63) is 17.8 Å². The molecule has 6 heteroatoms. The zero-order chi connectivity index (χ0) is 13.3. The lowest BCUT2D eigenvalue weighted by Gasteiger charge is -2.35. The molecule has 1 aliphatic rings. The second-order valence-corrected chi connectivity index (χ2v) is 5.94. The average Bonchev–Trinajstić information content (AvgIpc) is 2.86. The largest absolute Gasteiger partial charge is 0.388 e. The second-order valence-electron chi connectivity index (χ2n) is 5.03. The van der Waals surface area contributed by atoms with E-state index in [-0.39, 0.29) is 0 Å². The van der Waals surface area contributed by atoms with Gasteiger partial charge in [-0.2, -0.15) is 0 Å². The van der Waals surface area contributed by atoms with Crippen LogP contribution in [0.5, 0.6) is 0 Å². The van der Waals surface area contributed by atoms with Gasteiger partial charge in [-0.1, -0.05) is 0 Å². The van der Waals surface area contributed by atoms with Crippen molar-refractivity contribution < 1.29 is 9.84 Å². The summed E-state index contributed by atoms with van der Waals surface area (Å²) in [6.07, 6.45) is 2.93. The van der Waals surface area contributed by atoms with Gasteiger partial charge in [0.25, 0.3) is 0 Å². The fourth-order valence-corrected chi connectivity index (χ4v) is 3.36. The van der Waals surface area contributed by atoms with Gasteiger partial charge in [0, 0.05) is 39.6 Å². The number of aromatic nitrogens is 2. The third-order valence-electron chi connectivity index (χ3n) is 3.54. The van der Waals surface area contributed by atoms with Gasteiger partial charge in [-0.25, -0.2) is 9.97 Å². The van der Waals surface area contributed by atoms with E-state index in [0.717, 1.165) is 16.0 Å². The molecule has 0 bridgehead atoms. The van der Waals surface area contributed by atoms with Gasteiger partial charge in [0.2, 0.25) is 0 Å². The highest BCUT2D eigenvalue weighted by atomic mass is 32.1. The van der Waals surface area contributed by atoms with Crippen molar-refractivity contribution >= 4 is 27.4 Å². The zero-order valence-corrected chi connectivity index (χ0v) is 11.7. The van der Waals surface area contributed by atoms with Crippen LogP contribution >= 0.6 is 11.3 Å². The minimum absolute atomic E-state index is 0.570. The first-order valence-corrected chi connectivity index (χ1v) is 7.25. The van der Waals surface area contributed by atoms with E-state index in [0.29, 0.717) is 32.6 Å². The Kier molecular flexibility index (Phi) is 3.38. The van der Waals surface area contributed by atoms with Crippen molar-refractivity contribution in [2.45, 2.75) is 18.4 Å². The summed E-state index contributed by atoms with van der Waals surface area (Å²) < 4.78 is 6.38. The van der Waals surface area contributed by atoms with Crippen LogP contribution in [0.25, 0.3) is 10.2 Å². The van der Waals surface area contributed by atoms with Gasteiger partial charge in [-0.15, -0.1) is 11.3 Å². The van der Waals surface area contributed by atoms with Crippen LogP contribution in [0.2, 0.25) is 0 Å². The highest BCUT2D eigenvalue weighted by Gasteiger charge is 2.31. The lowest BCUT2D eigenvalue weighted by atomic mass is 9.94. The molecule has 2 aromatic heterocycles. The SMILES string of the molecule is CN(CC1(O)CCOCC1)c1ncnc2ccsc12. The Labute approximate surface area is 115 Å². The van der Waals surface area contributed by atoms with Gasteiger partial charge < -0.3 is 14.7 Å². The maximum atomic E-state index is 10.6. The van der Waals surface area contributed by atoms with Gasteiger partial charge in [0.05, 0.1) is 15.8 Å². The van der Waals surface area contributed by atoms with Gasteiger partial charge in [0.15, 0.2) is 0 Å². The molecule has 0 aromatic carbocycles. The van der Waals surface area contributed by atoms with E-state index in [1.54, 1.807) is 17.7 Å². The van der Waals surface area contributed by atoms with Crippen LogP contribution in [0.15, 0.2) is 17.8 Å². The predicted molar refractivity (Wildman–Crippen MR) is 75.7 cm³/mol. The Morgan fingerprint density at radius 3 is 3.00 bits per heavy atom. The molecule has 0 aliphatic carbocycles. The number of rotatable bonds is 3.